The minimum Gasteiger partial charge on any atom is -0.386 e. The van der Waals surface area contributed by atoms with Crippen LogP contribution >= 0.6 is 0 Å². The molecule has 0 saturated carbocycles. The molecule has 3 nitrogen and oxygen atoms in total. The molecule has 0 unspecified atom stereocenters. The Morgan fingerprint density at radius 2 is 1.48 bits per heavy atom. The first-order chi connectivity index (χ1) is 11.9. The Bertz CT molecular complexity index is 730. The smallest absolute Gasteiger partial charge is 0.346 e. The summed E-state index contributed by atoms with van der Waals surface area (Å²) in [7, 11) is 0. The quantitative estimate of drug-likeness (QED) is 0.545. The summed E-state index contributed by atoms with van der Waals surface area (Å²) >= 11 is 0. The molecule has 0 spiro atoms. The summed E-state index contributed by atoms with van der Waals surface area (Å²) in [6.07, 6.45) is 1.65. The first-order valence-corrected chi connectivity index (χ1v) is 8.80. The van der Waals surface area contributed by atoms with Gasteiger partial charge in [0.25, 0.3) is 0 Å². The second-order valence-corrected chi connectivity index (χ2v) is 7.23. The molecular formula is C22H26O3. The zero-order valence-corrected chi connectivity index (χ0v) is 15.4. The zero-order valence-electron chi connectivity index (χ0n) is 15.4. The molecular weight excluding hydrogens is 312 g/mol. The minimum atomic E-state index is -0.615. The van der Waals surface area contributed by atoms with Gasteiger partial charge >= 0.3 is 11.9 Å². The van der Waals surface area contributed by atoms with Crippen LogP contribution in [0, 0.1) is 11.8 Å². The normalized spacial score (nSPS) is 11.0. The highest BCUT2D eigenvalue weighted by Gasteiger charge is 2.19. The largest absolute Gasteiger partial charge is 0.386 e. The predicted octanol–water partition coefficient (Wildman–Crippen LogP) is 5.08. The van der Waals surface area contributed by atoms with Gasteiger partial charge in [-0.25, -0.2) is 9.59 Å². The summed E-state index contributed by atoms with van der Waals surface area (Å²) in [5.74, 6) is -0.288. The van der Waals surface area contributed by atoms with E-state index in [-0.39, 0.29) is 0 Å². The van der Waals surface area contributed by atoms with Crippen LogP contribution in [0.25, 0.3) is 0 Å². The lowest BCUT2D eigenvalue weighted by Crippen LogP contribution is -2.16. The SMILES string of the molecule is CC(C)Cc1ccc(CC(C)C)c(C(=O)OC(=O)c2ccccc2)c1. The molecule has 25 heavy (non-hydrogen) atoms. The number of hydrogen-bond donors (Lipinski definition) is 0. The van der Waals surface area contributed by atoms with E-state index >= 15 is 0 Å². The van der Waals surface area contributed by atoms with E-state index in [2.05, 4.69) is 33.8 Å². The molecule has 0 saturated heterocycles. The Balaban J connectivity index is 2.26. The highest BCUT2D eigenvalue weighted by Crippen LogP contribution is 2.20. The van der Waals surface area contributed by atoms with Gasteiger partial charge < -0.3 is 4.74 Å². The standard InChI is InChI=1S/C22H26O3/c1-15(2)12-17-10-11-19(13-16(3)4)20(14-17)22(24)25-21(23)18-8-6-5-7-9-18/h5-11,14-16H,12-13H2,1-4H3. The van der Waals surface area contributed by atoms with Gasteiger partial charge in [-0.15, -0.1) is 0 Å². The molecule has 0 radical (unpaired) electrons. The first-order valence-electron chi connectivity index (χ1n) is 8.80. The van der Waals surface area contributed by atoms with Crippen molar-refractivity contribution in [3.8, 4) is 0 Å². The van der Waals surface area contributed by atoms with E-state index in [1.165, 1.54) is 0 Å². The number of ether oxygens (including phenoxy) is 1. The van der Waals surface area contributed by atoms with Gasteiger partial charge in [-0.2, -0.15) is 0 Å². The van der Waals surface area contributed by atoms with Crippen molar-refractivity contribution in [1.82, 2.24) is 0 Å². The van der Waals surface area contributed by atoms with Crippen LogP contribution in [-0.4, -0.2) is 11.9 Å². The molecule has 0 N–H and O–H groups in total. The summed E-state index contributed by atoms with van der Waals surface area (Å²) < 4.78 is 5.13. The molecule has 0 aliphatic rings. The molecule has 0 aliphatic heterocycles. The summed E-state index contributed by atoms with van der Waals surface area (Å²) in [5, 5.41) is 0. The number of rotatable bonds is 6. The highest BCUT2D eigenvalue weighted by atomic mass is 16.6. The topological polar surface area (TPSA) is 43.4 Å². The monoisotopic (exact) mass is 338 g/mol. The van der Waals surface area contributed by atoms with E-state index in [0.717, 1.165) is 24.0 Å². The van der Waals surface area contributed by atoms with Gasteiger partial charge in [0.2, 0.25) is 0 Å². The van der Waals surface area contributed by atoms with Gasteiger partial charge in [-0.1, -0.05) is 58.0 Å². The minimum absolute atomic E-state index is 0.375. The van der Waals surface area contributed by atoms with Crippen molar-refractivity contribution in [1.29, 1.82) is 0 Å². The van der Waals surface area contributed by atoms with Crippen LogP contribution in [-0.2, 0) is 17.6 Å². The Morgan fingerprint density at radius 1 is 0.840 bits per heavy atom. The number of hydrogen-bond acceptors (Lipinski definition) is 3. The average Bonchev–Trinajstić information content (AvgIpc) is 2.56. The van der Waals surface area contributed by atoms with Crippen molar-refractivity contribution in [2.75, 3.05) is 0 Å². The molecule has 0 atom stereocenters. The Hall–Kier alpha value is -2.42. The number of carbonyl (C=O) groups excluding carboxylic acids is 2. The van der Waals surface area contributed by atoms with E-state index in [1.54, 1.807) is 24.3 Å². The molecule has 132 valence electrons. The van der Waals surface area contributed by atoms with Gasteiger partial charge in [-0.05, 0) is 54.0 Å². The number of esters is 2. The number of benzene rings is 2. The maximum Gasteiger partial charge on any atom is 0.346 e. The predicted molar refractivity (Wildman–Crippen MR) is 99.7 cm³/mol. The van der Waals surface area contributed by atoms with Crippen LogP contribution in [0.4, 0.5) is 0 Å². The van der Waals surface area contributed by atoms with Gasteiger partial charge in [0.1, 0.15) is 0 Å². The van der Waals surface area contributed by atoms with Gasteiger partial charge in [0.05, 0.1) is 11.1 Å². The van der Waals surface area contributed by atoms with E-state index in [4.69, 9.17) is 4.74 Å². The zero-order chi connectivity index (χ0) is 18.4. The van der Waals surface area contributed by atoms with E-state index in [1.807, 2.05) is 18.2 Å². The summed E-state index contributed by atoms with van der Waals surface area (Å²) in [4.78, 5) is 24.8. The van der Waals surface area contributed by atoms with Crippen LogP contribution < -0.4 is 0 Å². The number of carbonyl (C=O) groups is 2. The van der Waals surface area contributed by atoms with Gasteiger partial charge in [-0.3, -0.25) is 0 Å². The van der Waals surface area contributed by atoms with Crippen molar-refractivity contribution < 1.29 is 14.3 Å². The second kappa shape index (κ2) is 8.61. The fourth-order valence-corrected chi connectivity index (χ4v) is 2.80. The molecule has 2 aromatic rings. The van der Waals surface area contributed by atoms with Gasteiger partial charge in [0.15, 0.2) is 0 Å². The Labute approximate surface area is 150 Å². The highest BCUT2D eigenvalue weighted by molar-refractivity contribution is 6.03. The van der Waals surface area contributed by atoms with Crippen LogP contribution in [0.2, 0.25) is 0 Å². The van der Waals surface area contributed by atoms with Crippen molar-refractivity contribution in [3.63, 3.8) is 0 Å². The summed E-state index contributed by atoms with van der Waals surface area (Å²) in [5.41, 5.74) is 2.88. The Kier molecular flexibility index (Phi) is 6.51. The molecule has 2 rings (SSSR count). The third-order valence-electron chi connectivity index (χ3n) is 3.86. The van der Waals surface area contributed by atoms with Crippen molar-refractivity contribution >= 4 is 11.9 Å². The summed E-state index contributed by atoms with van der Waals surface area (Å²) in [6, 6.07) is 14.5. The fourth-order valence-electron chi connectivity index (χ4n) is 2.80. The third-order valence-corrected chi connectivity index (χ3v) is 3.86. The maximum absolute atomic E-state index is 12.6. The lowest BCUT2D eigenvalue weighted by atomic mass is 9.93. The molecule has 0 aromatic heterocycles. The molecule has 3 heteroatoms. The van der Waals surface area contributed by atoms with Crippen molar-refractivity contribution in [3.05, 3.63) is 70.8 Å². The second-order valence-electron chi connectivity index (χ2n) is 7.23. The molecule has 0 amide bonds. The Morgan fingerprint density at radius 3 is 2.08 bits per heavy atom. The van der Waals surface area contributed by atoms with Crippen LogP contribution in [0.1, 0.15) is 59.5 Å². The van der Waals surface area contributed by atoms with Crippen LogP contribution in [0.15, 0.2) is 48.5 Å². The third kappa shape index (κ3) is 5.56. The van der Waals surface area contributed by atoms with E-state index in [9.17, 15) is 9.59 Å². The average molecular weight is 338 g/mol. The van der Waals surface area contributed by atoms with Crippen molar-refractivity contribution in [2.45, 2.75) is 40.5 Å². The fraction of sp³-hybridized carbons (Fsp3) is 0.364. The van der Waals surface area contributed by atoms with Crippen molar-refractivity contribution in [2.24, 2.45) is 11.8 Å². The molecule has 0 heterocycles. The molecule has 0 fully saturated rings. The van der Waals surface area contributed by atoms with Crippen LogP contribution in [0.5, 0.6) is 0 Å². The van der Waals surface area contributed by atoms with E-state index in [0.29, 0.717) is 23.0 Å². The van der Waals surface area contributed by atoms with Gasteiger partial charge in [0, 0.05) is 0 Å². The lowest BCUT2D eigenvalue weighted by Gasteiger charge is -2.13. The lowest BCUT2D eigenvalue weighted by molar-refractivity contribution is 0.0397. The first kappa shape index (κ1) is 18.9. The van der Waals surface area contributed by atoms with Crippen LogP contribution in [0.3, 0.4) is 0 Å². The molecule has 0 aliphatic carbocycles. The molecule has 0 bridgehead atoms. The maximum atomic E-state index is 12.6. The van der Waals surface area contributed by atoms with E-state index < -0.39 is 11.9 Å². The summed E-state index contributed by atoms with van der Waals surface area (Å²) in [6.45, 7) is 8.48. The molecule has 2 aromatic carbocycles.